The van der Waals surface area contributed by atoms with Gasteiger partial charge in [-0.2, -0.15) is 0 Å². The highest BCUT2D eigenvalue weighted by Crippen LogP contribution is 2.43. The summed E-state index contributed by atoms with van der Waals surface area (Å²) < 4.78 is 5.90. The number of carbonyl (C=O) groups is 2. The number of carbonyl (C=O) groups excluding carboxylic acids is 2. The number of nitrogens with one attached hydrogen (secondary N) is 1. The molecule has 0 saturated carbocycles. The highest BCUT2D eigenvalue weighted by atomic mass is 16.5. The second kappa shape index (κ2) is 18.7. The Morgan fingerprint density at radius 3 is 1.60 bits per heavy atom. The van der Waals surface area contributed by atoms with Crippen LogP contribution in [0.4, 0.5) is 0 Å². The average molecular weight is 585 g/mol. The molecule has 0 aromatic heterocycles. The first-order valence-corrected chi connectivity index (χ1v) is 17.3. The molecule has 0 spiro atoms. The molecule has 2 rings (SSSR count). The zero-order valence-electron chi connectivity index (χ0n) is 28.2. The number of hydrogen-bond acceptors (Lipinski definition) is 4. The zero-order chi connectivity index (χ0) is 30.9. The lowest BCUT2D eigenvalue weighted by Crippen LogP contribution is -2.71. The van der Waals surface area contributed by atoms with Crippen LogP contribution in [0.15, 0.2) is 30.3 Å². The molecule has 0 unspecified atom stereocenters. The van der Waals surface area contributed by atoms with Crippen LogP contribution < -0.4 is 5.32 Å². The summed E-state index contributed by atoms with van der Waals surface area (Å²) in [6, 6.07) is 9.72. The van der Waals surface area contributed by atoms with E-state index in [1.165, 1.54) is 89.9 Å². The Hall–Kier alpha value is -1.88. The predicted octanol–water partition coefficient (Wildman–Crippen LogP) is 9.17. The summed E-state index contributed by atoms with van der Waals surface area (Å²) in [6.07, 6.45) is 22.4. The van der Waals surface area contributed by atoms with Crippen molar-refractivity contribution in [3.05, 3.63) is 35.9 Å². The number of benzene rings is 1. The number of unbranched alkanes of at least 4 members (excludes halogenated alkanes) is 15. The lowest BCUT2D eigenvalue weighted by molar-refractivity contribution is -0.164. The minimum absolute atomic E-state index is 0.128. The van der Waals surface area contributed by atoms with Gasteiger partial charge in [-0.1, -0.05) is 134 Å². The van der Waals surface area contributed by atoms with Crippen molar-refractivity contribution in [1.29, 1.82) is 0 Å². The molecule has 0 bridgehead atoms. The maximum absolute atomic E-state index is 13.7. The van der Waals surface area contributed by atoms with Crippen LogP contribution >= 0.6 is 0 Å². The van der Waals surface area contributed by atoms with E-state index in [2.05, 4.69) is 51.9 Å². The Balaban J connectivity index is 1.70. The van der Waals surface area contributed by atoms with Crippen molar-refractivity contribution < 1.29 is 14.3 Å². The van der Waals surface area contributed by atoms with E-state index < -0.39 is 5.54 Å². The van der Waals surface area contributed by atoms with Crippen molar-refractivity contribution in [2.45, 2.75) is 173 Å². The third-order valence-electron chi connectivity index (χ3n) is 9.49. The SMILES string of the molecule is CCCCCCCCCCCCCCCCCCOC(=O)C1(NC(=O)Cc2ccccc2)CC(C)(C)N(C)C(C)(C)C1. The number of esters is 1. The summed E-state index contributed by atoms with van der Waals surface area (Å²) in [7, 11) is 2.11. The fourth-order valence-corrected chi connectivity index (χ4v) is 6.93. The van der Waals surface area contributed by atoms with Crippen molar-refractivity contribution in [1.82, 2.24) is 10.2 Å². The summed E-state index contributed by atoms with van der Waals surface area (Å²) in [5.41, 5.74) is -0.622. The lowest BCUT2D eigenvalue weighted by Gasteiger charge is -2.57. The van der Waals surface area contributed by atoms with Crippen molar-refractivity contribution in [2.24, 2.45) is 0 Å². The van der Waals surface area contributed by atoms with Crippen molar-refractivity contribution >= 4 is 11.9 Å². The molecule has 240 valence electrons. The van der Waals surface area contributed by atoms with Crippen LogP contribution in [-0.4, -0.2) is 47.0 Å². The van der Waals surface area contributed by atoms with Crippen LogP contribution in [-0.2, 0) is 20.7 Å². The highest BCUT2D eigenvalue weighted by molar-refractivity contribution is 5.89. The average Bonchev–Trinajstić information content (AvgIpc) is 2.93. The van der Waals surface area contributed by atoms with E-state index in [9.17, 15) is 9.59 Å². The van der Waals surface area contributed by atoms with Gasteiger partial charge >= 0.3 is 5.97 Å². The fraction of sp³-hybridized carbons (Fsp3) is 0.784. The normalized spacial score (nSPS) is 17.6. The molecule has 5 nitrogen and oxygen atoms in total. The number of hydrogen-bond donors (Lipinski definition) is 1. The van der Waals surface area contributed by atoms with Crippen LogP contribution in [0.1, 0.15) is 156 Å². The molecule has 0 radical (unpaired) electrons. The van der Waals surface area contributed by atoms with E-state index >= 15 is 0 Å². The first-order valence-electron chi connectivity index (χ1n) is 17.3. The molecule has 1 aliphatic heterocycles. The third kappa shape index (κ3) is 12.8. The molecule has 1 aromatic rings. The van der Waals surface area contributed by atoms with E-state index in [0.29, 0.717) is 19.4 Å². The van der Waals surface area contributed by atoms with Crippen molar-refractivity contribution in [3.63, 3.8) is 0 Å². The van der Waals surface area contributed by atoms with Crippen LogP contribution in [0, 0.1) is 0 Å². The highest BCUT2D eigenvalue weighted by Gasteiger charge is 2.56. The molecular weight excluding hydrogens is 520 g/mol. The summed E-state index contributed by atoms with van der Waals surface area (Å²) in [4.78, 5) is 29.2. The monoisotopic (exact) mass is 584 g/mol. The van der Waals surface area contributed by atoms with Crippen molar-refractivity contribution in [2.75, 3.05) is 13.7 Å². The number of likely N-dealkylation sites (tertiary alicyclic amines) is 1. The van der Waals surface area contributed by atoms with E-state index in [0.717, 1.165) is 18.4 Å². The zero-order valence-corrected chi connectivity index (χ0v) is 28.2. The quantitative estimate of drug-likeness (QED) is 0.116. The molecule has 1 heterocycles. The molecule has 5 heteroatoms. The number of piperidine rings is 1. The van der Waals surface area contributed by atoms with Gasteiger partial charge in [-0.25, -0.2) is 4.79 Å². The molecule has 1 saturated heterocycles. The van der Waals surface area contributed by atoms with Crippen molar-refractivity contribution in [3.8, 4) is 0 Å². The standard InChI is InChI=1S/C37H64N2O3/c1-7-8-9-10-11-12-13-14-15-16-17-18-19-20-21-25-28-42-34(41)37(30-35(2,3)39(6)36(4,5)31-37)38-33(40)29-32-26-23-22-24-27-32/h22-24,26-27H,7-21,25,28-31H2,1-6H3,(H,38,40). The third-order valence-corrected chi connectivity index (χ3v) is 9.49. The van der Waals surface area contributed by atoms with Crippen LogP contribution in [0.5, 0.6) is 0 Å². The molecule has 42 heavy (non-hydrogen) atoms. The number of amides is 1. The predicted molar refractivity (Wildman–Crippen MR) is 177 cm³/mol. The van der Waals surface area contributed by atoms with Gasteiger partial charge in [0.2, 0.25) is 5.91 Å². The molecular formula is C37H64N2O3. The van der Waals surface area contributed by atoms with Gasteiger partial charge in [0.05, 0.1) is 13.0 Å². The molecule has 1 aromatic carbocycles. The van der Waals surface area contributed by atoms with Gasteiger partial charge < -0.3 is 10.1 Å². The topological polar surface area (TPSA) is 58.6 Å². The lowest BCUT2D eigenvalue weighted by atomic mass is 9.69. The Morgan fingerprint density at radius 1 is 0.714 bits per heavy atom. The fourth-order valence-electron chi connectivity index (χ4n) is 6.93. The van der Waals surface area contributed by atoms with E-state index in [-0.39, 0.29) is 29.4 Å². The number of ether oxygens (including phenoxy) is 1. The smallest absolute Gasteiger partial charge is 0.331 e. The van der Waals surface area contributed by atoms with Gasteiger partial charge in [0.15, 0.2) is 0 Å². The van der Waals surface area contributed by atoms with Gasteiger partial charge in [0.25, 0.3) is 0 Å². The summed E-state index contributed by atoms with van der Waals surface area (Å²) in [5.74, 6) is -0.407. The minimum atomic E-state index is -1.03. The second-order valence-electron chi connectivity index (χ2n) is 14.3. The summed E-state index contributed by atoms with van der Waals surface area (Å²) in [5, 5.41) is 3.18. The maximum Gasteiger partial charge on any atom is 0.331 e. The minimum Gasteiger partial charge on any atom is -0.464 e. The maximum atomic E-state index is 13.7. The first-order chi connectivity index (χ1) is 20.0. The second-order valence-corrected chi connectivity index (χ2v) is 14.3. The van der Waals surface area contributed by atoms with E-state index in [4.69, 9.17) is 4.74 Å². The molecule has 0 aliphatic carbocycles. The Bertz CT molecular complexity index is 878. The largest absolute Gasteiger partial charge is 0.464 e. The van der Waals surface area contributed by atoms with Gasteiger partial charge in [0, 0.05) is 11.1 Å². The van der Waals surface area contributed by atoms with Gasteiger partial charge in [-0.05, 0) is 59.6 Å². The van der Waals surface area contributed by atoms with Gasteiger partial charge in [-0.15, -0.1) is 0 Å². The van der Waals surface area contributed by atoms with E-state index in [1.54, 1.807) is 0 Å². The van der Waals surface area contributed by atoms with Crippen LogP contribution in [0.2, 0.25) is 0 Å². The molecule has 1 aliphatic rings. The summed E-state index contributed by atoms with van der Waals surface area (Å²) >= 11 is 0. The number of rotatable bonds is 21. The Labute approximate surface area is 258 Å². The Morgan fingerprint density at radius 2 is 1.14 bits per heavy atom. The first kappa shape index (κ1) is 36.3. The van der Waals surface area contributed by atoms with Crippen LogP contribution in [0.3, 0.4) is 0 Å². The number of nitrogens with zero attached hydrogens (tertiary/aromatic N) is 1. The summed E-state index contributed by atoms with van der Waals surface area (Å²) in [6.45, 7) is 11.3. The van der Waals surface area contributed by atoms with Crippen LogP contribution in [0.25, 0.3) is 0 Å². The van der Waals surface area contributed by atoms with E-state index in [1.807, 2.05) is 30.3 Å². The van der Waals surface area contributed by atoms with Gasteiger partial charge in [0.1, 0.15) is 5.54 Å². The van der Waals surface area contributed by atoms with Gasteiger partial charge in [-0.3, -0.25) is 9.69 Å². The molecule has 1 N–H and O–H groups in total. The molecule has 1 amide bonds. The molecule has 1 fully saturated rings. The molecule has 0 atom stereocenters. The Kier molecular flexibility index (Phi) is 16.2.